The molecule has 4 aromatic rings. The number of fused-ring (bicyclic) bond motifs is 2. The predicted octanol–water partition coefficient (Wildman–Crippen LogP) is 5.96. The van der Waals surface area contributed by atoms with Crippen molar-refractivity contribution in [1.82, 2.24) is 19.8 Å². The van der Waals surface area contributed by atoms with Crippen LogP contribution in [0, 0.1) is 18.2 Å². The fraction of sp³-hybridized carbons (Fsp3) is 0.438. The molecule has 3 saturated heterocycles. The van der Waals surface area contributed by atoms with Crippen LogP contribution >= 0.6 is 22.9 Å². The average molecular weight is 684 g/mol. The minimum absolute atomic E-state index is 0.00416. The summed E-state index contributed by atoms with van der Waals surface area (Å²) >= 11 is 7.90. The third-order valence-electron chi connectivity index (χ3n) is 9.98. The summed E-state index contributed by atoms with van der Waals surface area (Å²) in [5.41, 5.74) is 5.53. The number of halogens is 4. The van der Waals surface area contributed by atoms with E-state index in [9.17, 15) is 13.6 Å². The van der Waals surface area contributed by atoms with Crippen LogP contribution in [0.4, 0.5) is 29.7 Å². The van der Waals surface area contributed by atoms with Crippen LogP contribution in [-0.2, 0) is 4.79 Å². The number of aromatic nitrogens is 2. The van der Waals surface area contributed by atoms with Crippen LogP contribution in [0.5, 0.6) is 11.8 Å². The maximum atomic E-state index is 17.1. The number of carbonyl (C=O) groups excluding carboxylic acids is 1. The molecule has 0 spiro atoms. The van der Waals surface area contributed by atoms with Crippen molar-refractivity contribution < 1.29 is 27.4 Å². The Hall–Kier alpha value is -4.06. The summed E-state index contributed by atoms with van der Waals surface area (Å²) in [7, 11) is 0. The Bertz CT molecular complexity index is 2010. The molecule has 6 heterocycles. The summed E-state index contributed by atoms with van der Waals surface area (Å²) in [6, 6.07) is 2.34. The summed E-state index contributed by atoms with van der Waals surface area (Å²) in [5, 5.41) is 0.417. The zero-order valence-corrected chi connectivity index (χ0v) is 26.6. The summed E-state index contributed by atoms with van der Waals surface area (Å²) in [6.45, 7) is 10.5. The molecule has 0 unspecified atom stereocenters. The van der Waals surface area contributed by atoms with Crippen molar-refractivity contribution >= 4 is 66.8 Å². The highest BCUT2D eigenvalue weighted by Gasteiger charge is 2.49. The van der Waals surface area contributed by atoms with E-state index in [2.05, 4.69) is 14.7 Å². The first kappa shape index (κ1) is 30.3. The third-order valence-corrected chi connectivity index (χ3v) is 11.4. The molecule has 15 heteroatoms. The van der Waals surface area contributed by atoms with Gasteiger partial charge in [-0.3, -0.25) is 9.69 Å². The van der Waals surface area contributed by atoms with Crippen molar-refractivity contribution in [2.45, 2.75) is 43.4 Å². The largest absolute Gasteiger partial charge is 0.489 e. The van der Waals surface area contributed by atoms with Gasteiger partial charge in [-0.05, 0) is 37.4 Å². The van der Waals surface area contributed by atoms with Gasteiger partial charge in [0.2, 0.25) is 12.1 Å². The maximum Gasteiger partial charge on any atom is 0.319 e. The minimum Gasteiger partial charge on any atom is -0.489 e. The second-order valence-electron chi connectivity index (χ2n) is 12.6. The Morgan fingerprint density at radius 3 is 2.87 bits per heavy atom. The predicted molar refractivity (Wildman–Crippen MR) is 173 cm³/mol. The molecule has 0 saturated carbocycles. The molecule has 2 aromatic heterocycles. The number of rotatable bonds is 6. The fourth-order valence-electron chi connectivity index (χ4n) is 7.85. The van der Waals surface area contributed by atoms with Crippen molar-refractivity contribution in [3.63, 3.8) is 0 Å². The second kappa shape index (κ2) is 11.3. The van der Waals surface area contributed by atoms with E-state index in [1.807, 2.05) is 4.90 Å². The lowest BCUT2D eigenvalue weighted by Crippen LogP contribution is -2.43. The van der Waals surface area contributed by atoms with Gasteiger partial charge in [0.05, 0.1) is 38.8 Å². The van der Waals surface area contributed by atoms with Crippen LogP contribution in [0.1, 0.15) is 25.7 Å². The topological polar surface area (TPSA) is 101 Å². The molecule has 8 rings (SSSR count). The first-order valence-electron chi connectivity index (χ1n) is 15.4. The summed E-state index contributed by atoms with van der Waals surface area (Å²) in [6.07, 6.45) is 2.53. The lowest BCUT2D eigenvalue weighted by molar-refractivity contribution is -0.117. The van der Waals surface area contributed by atoms with Gasteiger partial charge >= 0.3 is 6.01 Å². The molecule has 0 aliphatic carbocycles. The zero-order chi connectivity index (χ0) is 32.6. The fourth-order valence-corrected chi connectivity index (χ4v) is 9.12. The van der Waals surface area contributed by atoms with Gasteiger partial charge in [-0.15, -0.1) is 11.3 Å². The molecule has 3 fully saturated rings. The van der Waals surface area contributed by atoms with E-state index >= 15 is 4.39 Å². The monoisotopic (exact) mass is 683 g/mol. The first-order chi connectivity index (χ1) is 22.7. The van der Waals surface area contributed by atoms with Crippen LogP contribution in [-0.4, -0.2) is 89.9 Å². The molecular formula is C32H29ClF3N7O3S. The number of benzene rings is 2. The molecule has 244 valence electrons. The van der Waals surface area contributed by atoms with E-state index in [4.69, 9.17) is 38.4 Å². The molecule has 3 atom stereocenters. The number of thiophene rings is 1. The number of hydrogen-bond acceptors (Lipinski definition) is 9. The Morgan fingerprint density at radius 1 is 1.23 bits per heavy atom. The van der Waals surface area contributed by atoms with Gasteiger partial charge in [-0.25, -0.2) is 18.0 Å². The van der Waals surface area contributed by atoms with E-state index in [1.165, 1.54) is 12.1 Å². The maximum absolute atomic E-state index is 17.1. The lowest BCUT2D eigenvalue weighted by Gasteiger charge is -2.31. The summed E-state index contributed by atoms with van der Waals surface area (Å²) in [4.78, 5) is 30.2. The minimum atomic E-state index is -0.958. The van der Waals surface area contributed by atoms with Gasteiger partial charge in [0.15, 0.2) is 11.6 Å². The van der Waals surface area contributed by atoms with Crippen molar-refractivity contribution in [3.05, 3.63) is 40.2 Å². The van der Waals surface area contributed by atoms with Crippen molar-refractivity contribution in [3.8, 4) is 22.9 Å². The number of ether oxygens (including phenoxy) is 2. The highest BCUT2D eigenvalue weighted by molar-refractivity contribution is 7.23. The molecule has 0 radical (unpaired) electrons. The van der Waals surface area contributed by atoms with Crippen LogP contribution < -0.4 is 20.1 Å². The number of nitrogens with zero attached hydrogens (tertiary/aromatic N) is 6. The highest BCUT2D eigenvalue weighted by Crippen LogP contribution is 2.53. The molecule has 10 nitrogen and oxygen atoms in total. The number of nitrogen functional groups attached to an aromatic ring is 1. The molecule has 0 bridgehead atoms. The van der Waals surface area contributed by atoms with E-state index in [1.54, 1.807) is 4.90 Å². The molecule has 2 N–H and O–H groups in total. The van der Waals surface area contributed by atoms with Crippen LogP contribution in [0.25, 0.3) is 37.0 Å². The quantitative estimate of drug-likeness (QED) is 0.196. The zero-order valence-electron chi connectivity index (χ0n) is 25.1. The number of amides is 1. The van der Waals surface area contributed by atoms with Crippen molar-refractivity contribution in [1.29, 1.82) is 0 Å². The van der Waals surface area contributed by atoms with Crippen LogP contribution in [0.3, 0.4) is 0 Å². The van der Waals surface area contributed by atoms with Gasteiger partial charge in [-0.1, -0.05) is 17.7 Å². The Kier molecular flexibility index (Phi) is 7.27. The van der Waals surface area contributed by atoms with E-state index in [0.717, 1.165) is 37.1 Å². The standard InChI is InChI=1S/C32H29ClF3N7O3S/c1-38-26-21-18(3-4-19(35)28(21)47-29(26)37)20-23(33)27-22-25(24(20)36)39-31(46-14-32-6-2-7-42(32)12-16(34)11-32)40-30(22)43(9-10-45-27)17-5-8-41(13-17)15-44/h3-4,15-17H,2,5-14,37H2/t16-,17-,32+/m1/s1. The first-order valence-corrected chi connectivity index (χ1v) is 16.6. The smallest absolute Gasteiger partial charge is 0.319 e. The molecule has 47 heavy (non-hydrogen) atoms. The van der Waals surface area contributed by atoms with Gasteiger partial charge in [0.25, 0.3) is 0 Å². The van der Waals surface area contributed by atoms with Gasteiger partial charge in [0.1, 0.15) is 36.5 Å². The van der Waals surface area contributed by atoms with Crippen molar-refractivity contribution in [2.24, 2.45) is 0 Å². The molecule has 2 aromatic carbocycles. The number of nitrogens with two attached hydrogens (primary N) is 1. The molecule has 4 aliphatic rings. The summed E-state index contributed by atoms with van der Waals surface area (Å²) < 4.78 is 59.2. The van der Waals surface area contributed by atoms with E-state index in [-0.39, 0.29) is 78.8 Å². The Morgan fingerprint density at radius 2 is 2.09 bits per heavy atom. The number of likely N-dealkylation sites (tertiary alicyclic amines) is 1. The van der Waals surface area contributed by atoms with Gasteiger partial charge < -0.3 is 25.0 Å². The molecule has 4 aliphatic heterocycles. The van der Waals surface area contributed by atoms with Crippen LogP contribution in [0.2, 0.25) is 5.02 Å². The van der Waals surface area contributed by atoms with E-state index < -0.39 is 23.3 Å². The van der Waals surface area contributed by atoms with E-state index in [0.29, 0.717) is 44.8 Å². The van der Waals surface area contributed by atoms with Gasteiger partial charge in [-0.2, -0.15) is 9.97 Å². The van der Waals surface area contributed by atoms with Crippen LogP contribution in [0.15, 0.2) is 12.1 Å². The third kappa shape index (κ3) is 4.65. The highest BCUT2D eigenvalue weighted by atomic mass is 35.5. The van der Waals surface area contributed by atoms with Gasteiger partial charge in [0, 0.05) is 43.0 Å². The normalized spacial score (nSPS) is 24.1. The lowest BCUT2D eigenvalue weighted by atomic mass is 9.95. The second-order valence-corrected chi connectivity index (χ2v) is 14.0. The number of alkyl halides is 1. The SMILES string of the molecule is [C-]#[N+]c1c(N)sc2c(F)ccc(-c3c(Cl)c4c5c(nc(OC[C@@]67CCCN6C[C@H](F)C7)nc5c3F)N([C@@H]3CCN(C=O)C3)CCO4)c12. The number of carbonyl (C=O) groups is 1. The number of hydrogen-bond donors (Lipinski definition) is 1. The Labute approximate surface area is 276 Å². The number of anilines is 2. The average Bonchev–Trinajstić information content (AvgIpc) is 3.80. The summed E-state index contributed by atoms with van der Waals surface area (Å²) in [5.74, 6) is -0.924. The molecular weight excluding hydrogens is 655 g/mol. The molecule has 1 amide bonds. The Balaban J connectivity index is 1.33. The van der Waals surface area contributed by atoms with Crippen molar-refractivity contribution in [2.75, 3.05) is 56.6 Å².